The lowest BCUT2D eigenvalue weighted by Gasteiger charge is -2.25. The first-order valence-corrected chi connectivity index (χ1v) is 8.98. The molecule has 0 heterocycles. The van der Waals surface area contributed by atoms with Gasteiger partial charge in [-0.25, -0.2) is 9.98 Å². The van der Waals surface area contributed by atoms with Crippen LogP contribution < -0.4 is 0 Å². The largest absolute Gasteiger partial charge is 0.221 e. The summed E-state index contributed by atoms with van der Waals surface area (Å²) in [4.78, 5) is 8.70. The van der Waals surface area contributed by atoms with Crippen LogP contribution in [0.25, 0.3) is 0 Å². The minimum atomic E-state index is -0.407. The number of benzene rings is 2. The van der Waals surface area contributed by atoms with E-state index in [0.717, 1.165) is 17.5 Å². The monoisotopic (exact) mass is 366 g/mol. The van der Waals surface area contributed by atoms with E-state index >= 15 is 0 Å². The molecule has 0 radical (unpaired) electrons. The van der Waals surface area contributed by atoms with Crippen LogP contribution in [0.5, 0.6) is 0 Å². The van der Waals surface area contributed by atoms with Gasteiger partial charge in [-0.15, -0.1) is 0 Å². The molecule has 128 valence electrons. The molecule has 0 saturated heterocycles. The highest BCUT2D eigenvalue weighted by Crippen LogP contribution is 2.32. The topological polar surface area (TPSA) is 24.7 Å². The van der Waals surface area contributed by atoms with Crippen LogP contribution in [0.15, 0.2) is 58.5 Å². The smallest absolute Gasteiger partial charge is 0.0906 e. The Bertz CT molecular complexity index is 784. The minimum Gasteiger partial charge on any atom is -0.221 e. The van der Waals surface area contributed by atoms with Crippen LogP contribution in [0.4, 0.5) is 0 Å². The number of isothiocyanates is 2. The van der Waals surface area contributed by atoms with E-state index in [1.54, 1.807) is 0 Å². The molecular formula is C21H22N2S2. The number of aliphatic imine (C=N–C) groups is 2. The molecule has 2 nitrogen and oxygen atoms in total. The fourth-order valence-corrected chi connectivity index (χ4v) is 3.55. The Hall–Kier alpha value is -1.96. The first-order chi connectivity index (χ1) is 11.8. The summed E-state index contributed by atoms with van der Waals surface area (Å²) >= 11 is 9.65. The van der Waals surface area contributed by atoms with Crippen molar-refractivity contribution in [1.82, 2.24) is 0 Å². The molecule has 0 atom stereocenters. The fraction of sp³-hybridized carbons (Fsp3) is 0.333. The van der Waals surface area contributed by atoms with Crippen molar-refractivity contribution in [2.24, 2.45) is 9.98 Å². The molecule has 0 aromatic heterocycles. The van der Waals surface area contributed by atoms with Crippen LogP contribution in [0, 0.1) is 0 Å². The van der Waals surface area contributed by atoms with Crippen molar-refractivity contribution in [3.63, 3.8) is 0 Å². The first kappa shape index (κ1) is 19.4. The van der Waals surface area contributed by atoms with Crippen molar-refractivity contribution < 1.29 is 0 Å². The molecule has 0 spiro atoms. The van der Waals surface area contributed by atoms with E-state index in [0.29, 0.717) is 0 Å². The highest BCUT2D eigenvalue weighted by Gasteiger charge is 2.25. The average molecular weight is 367 g/mol. The van der Waals surface area contributed by atoms with Gasteiger partial charge < -0.3 is 0 Å². The maximum absolute atomic E-state index is 4.83. The summed E-state index contributed by atoms with van der Waals surface area (Å²) in [5, 5.41) is 5.05. The van der Waals surface area contributed by atoms with E-state index in [4.69, 9.17) is 24.4 Å². The molecule has 0 aliphatic heterocycles. The van der Waals surface area contributed by atoms with Gasteiger partial charge in [-0.3, -0.25) is 0 Å². The van der Waals surface area contributed by atoms with Gasteiger partial charge in [-0.1, -0.05) is 48.5 Å². The van der Waals surface area contributed by atoms with Crippen LogP contribution in [-0.4, -0.2) is 10.3 Å². The summed E-state index contributed by atoms with van der Waals surface area (Å²) in [6, 6.07) is 16.7. The number of thiocarbonyl (C=S) groups is 2. The van der Waals surface area contributed by atoms with Gasteiger partial charge in [0.1, 0.15) is 0 Å². The average Bonchev–Trinajstić information content (AvgIpc) is 2.55. The molecular weight excluding hydrogens is 344 g/mol. The van der Waals surface area contributed by atoms with E-state index in [1.807, 2.05) is 12.1 Å². The molecule has 0 fully saturated rings. The van der Waals surface area contributed by atoms with Crippen LogP contribution in [-0.2, 0) is 17.5 Å². The molecule has 0 bridgehead atoms. The van der Waals surface area contributed by atoms with E-state index in [9.17, 15) is 0 Å². The fourth-order valence-electron chi connectivity index (χ4n) is 3.10. The molecule has 0 N–H and O–H groups in total. The van der Waals surface area contributed by atoms with E-state index in [1.165, 1.54) is 11.1 Å². The van der Waals surface area contributed by atoms with Crippen molar-refractivity contribution >= 4 is 34.8 Å². The second kappa shape index (κ2) is 7.95. The van der Waals surface area contributed by atoms with Crippen molar-refractivity contribution in [2.45, 2.75) is 45.2 Å². The number of rotatable bonds is 6. The summed E-state index contributed by atoms with van der Waals surface area (Å²) in [7, 11) is 0. The zero-order chi connectivity index (χ0) is 18.5. The first-order valence-electron chi connectivity index (χ1n) is 8.16. The van der Waals surface area contributed by atoms with Gasteiger partial charge in [0.2, 0.25) is 0 Å². The Balaban J connectivity index is 2.53. The van der Waals surface area contributed by atoms with Crippen molar-refractivity contribution in [3.05, 3.63) is 70.8 Å². The number of nitrogens with zero attached hydrogens (tertiary/aromatic N) is 2. The summed E-state index contributed by atoms with van der Waals surface area (Å²) < 4.78 is 0. The molecule has 25 heavy (non-hydrogen) atoms. The van der Waals surface area contributed by atoms with Crippen LogP contribution in [0.3, 0.4) is 0 Å². The van der Waals surface area contributed by atoms with Gasteiger partial charge in [0.15, 0.2) is 0 Å². The molecule has 0 saturated carbocycles. The lowest BCUT2D eigenvalue weighted by Crippen LogP contribution is -2.18. The molecule has 0 amide bonds. The molecule has 0 unspecified atom stereocenters. The predicted octanol–water partition coefficient (Wildman–Crippen LogP) is 5.95. The van der Waals surface area contributed by atoms with Crippen LogP contribution >= 0.6 is 24.4 Å². The summed E-state index contributed by atoms with van der Waals surface area (Å²) in [5.41, 5.74) is 3.92. The Kier molecular flexibility index (Phi) is 6.16. The maximum Gasteiger partial charge on any atom is 0.0906 e. The van der Waals surface area contributed by atoms with Crippen LogP contribution in [0.1, 0.15) is 49.9 Å². The molecule has 4 heteroatoms. The van der Waals surface area contributed by atoms with Crippen molar-refractivity contribution in [3.8, 4) is 0 Å². The highest BCUT2D eigenvalue weighted by atomic mass is 32.1. The van der Waals surface area contributed by atoms with Gasteiger partial charge >= 0.3 is 0 Å². The number of hydrogen-bond acceptors (Lipinski definition) is 4. The zero-order valence-electron chi connectivity index (χ0n) is 15.0. The second-order valence-electron chi connectivity index (χ2n) is 7.02. The summed E-state index contributed by atoms with van der Waals surface area (Å²) in [6.45, 7) is 8.21. The standard InChI is InChI=1S/C21H22N2S2/c1-20(2,22-14-24)18-11-7-5-9-16(18)13-17-10-6-8-12-19(17)21(3,4)23-15-25/h5-12H,13H2,1-4H3. The van der Waals surface area contributed by atoms with E-state index in [2.05, 4.69) is 84.4 Å². The number of hydrogen-bond donors (Lipinski definition) is 0. The third kappa shape index (κ3) is 4.56. The van der Waals surface area contributed by atoms with E-state index in [-0.39, 0.29) is 0 Å². The predicted molar refractivity (Wildman–Crippen MR) is 112 cm³/mol. The molecule has 2 aromatic carbocycles. The summed E-state index contributed by atoms with van der Waals surface area (Å²) in [5.74, 6) is 0. The van der Waals surface area contributed by atoms with Gasteiger partial charge in [0.25, 0.3) is 0 Å². The second-order valence-corrected chi connectivity index (χ2v) is 7.38. The lowest BCUT2D eigenvalue weighted by molar-refractivity contribution is 0.551. The Morgan fingerprint density at radius 3 is 1.44 bits per heavy atom. The normalized spacial score (nSPS) is 11.4. The quantitative estimate of drug-likeness (QED) is 0.466. The molecule has 2 rings (SSSR count). The van der Waals surface area contributed by atoms with Crippen molar-refractivity contribution in [1.29, 1.82) is 0 Å². The summed E-state index contributed by atoms with van der Waals surface area (Å²) in [6.07, 6.45) is 0.791. The maximum atomic E-state index is 4.83. The van der Waals surface area contributed by atoms with E-state index < -0.39 is 11.1 Å². The zero-order valence-corrected chi connectivity index (χ0v) is 16.7. The molecule has 2 aromatic rings. The van der Waals surface area contributed by atoms with Gasteiger partial charge in [-0.2, -0.15) is 0 Å². The van der Waals surface area contributed by atoms with Gasteiger partial charge in [-0.05, 0) is 80.8 Å². The molecule has 0 aliphatic rings. The lowest BCUT2D eigenvalue weighted by atomic mass is 9.84. The minimum absolute atomic E-state index is 0.407. The Morgan fingerprint density at radius 1 is 0.720 bits per heavy atom. The highest BCUT2D eigenvalue weighted by molar-refractivity contribution is 7.78. The van der Waals surface area contributed by atoms with Crippen molar-refractivity contribution in [2.75, 3.05) is 0 Å². The van der Waals surface area contributed by atoms with Gasteiger partial charge in [0.05, 0.1) is 21.4 Å². The SMILES string of the molecule is CC(C)(N=C=S)c1ccccc1Cc1ccccc1C(C)(C)N=C=S. The third-order valence-electron chi connectivity index (χ3n) is 4.38. The third-order valence-corrected chi connectivity index (χ3v) is 4.57. The Morgan fingerprint density at radius 2 is 1.08 bits per heavy atom. The van der Waals surface area contributed by atoms with Gasteiger partial charge in [0, 0.05) is 0 Å². The van der Waals surface area contributed by atoms with Crippen LogP contribution in [0.2, 0.25) is 0 Å². The Labute approximate surface area is 160 Å². The molecule has 0 aliphatic carbocycles.